The van der Waals surface area contributed by atoms with Crippen LogP contribution in [0.15, 0.2) is 0 Å². The summed E-state index contributed by atoms with van der Waals surface area (Å²) >= 11 is 0. The lowest BCUT2D eigenvalue weighted by Crippen LogP contribution is -2.49. The van der Waals surface area contributed by atoms with Gasteiger partial charge < -0.3 is 28.5 Å². The molecule has 0 fully saturated rings. The van der Waals surface area contributed by atoms with Gasteiger partial charge in [0.05, 0.1) is 0 Å². The molecule has 0 aromatic rings. The van der Waals surface area contributed by atoms with Crippen molar-refractivity contribution in [2.24, 2.45) is 0 Å². The van der Waals surface area contributed by atoms with Crippen LogP contribution in [0.4, 0.5) is 0 Å². The average Bonchev–Trinajstić information content (AvgIpc) is 2.71. The van der Waals surface area contributed by atoms with Gasteiger partial charge in [0.2, 0.25) is 0 Å². The van der Waals surface area contributed by atoms with Gasteiger partial charge in [-0.2, -0.15) is 0 Å². The van der Waals surface area contributed by atoms with E-state index in [1.165, 1.54) is 0 Å². The number of carbonyl (C=O) groups is 9. The summed E-state index contributed by atoms with van der Waals surface area (Å²) in [6.45, 7) is 1.51. The standard InChI is InChI=1S/C21H26O14/c1-12(24)6-18(28)32-10-16(35-20(30)8-14(3)26)21(33-11-23)15(9-31-17(27)4-5-22)34-19(29)7-13(2)25/h5,11,15-16,21H,4,6-10H2,1-3H3. The Bertz CT molecular complexity index is 830. The third kappa shape index (κ3) is 14.7. The summed E-state index contributed by atoms with van der Waals surface area (Å²) in [7, 11) is 0. The first kappa shape index (κ1) is 31.0. The van der Waals surface area contributed by atoms with Crippen molar-refractivity contribution in [3.8, 4) is 0 Å². The number of carbonyl (C=O) groups excluding carboxylic acids is 9. The van der Waals surface area contributed by atoms with Gasteiger partial charge in [-0.05, 0) is 20.8 Å². The van der Waals surface area contributed by atoms with E-state index in [1.807, 2.05) is 0 Å². The van der Waals surface area contributed by atoms with Gasteiger partial charge in [-0.15, -0.1) is 0 Å². The zero-order chi connectivity index (χ0) is 27.0. The Kier molecular flexibility index (Phi) is 14.7. The van der Waals surface area contributed by atoms with Crippen LogP contribution in [0, 0.1) is 0 Å². The molecular weight excluding hydrogens is 476 g/mol. The molecule has 0 N–H and O–H groups in total. The summed E-state index contributed by atoms with van der Waals surface area (Å²) < 4.78 is 24.7. The second-order valence-electron chi connectivity index (χ2n) is 7.13. The van der Waals surface area contributed by atoms with Crippen molar-refractivity contribution in [3.05, 3.63) is 0 Å². The Balaban J connectivity index is 5.99. The molecule has 0 amide bonds. The number of hydrogen-bond donors (Lipinski definition) is 0. The molecule has 14 nitrogen and oxygen atoms in total. The number of hydrogen-bond acceptors (Lipinski definition) is 14. The predicted octanol–water partition coefficient (Wildman–Crippen LogP) is -1.04. The van der Waals surface area contributed by atoms with E-state index in [4.69, 9.17) is 23.7 Å². The lowest BCUT2D eigenvalue weighted by molar-refractivity contribution is -0.192. The average molecular weight is 502 g/mol. The highest BCUT2D eigenvalue weighted by Gasteiger charge is 2.39. The van der Waals surface area contributed by atoms with Crippen LogP contribution in [0.25, 0.3) is 0 Å². The summed E-state index contributed by atoms with van der Waals surface area (Å²) in [5, 5.41) is 0. The monoisotopic (exact) mass is 502 g/mol. The predicted molar refractivity (Wildman–Crippen MR) is 109 cm³/mol. The molecule has 0 aromatic heterocycles. The van der Waals surface area contributed by atoms with Gasteiger partial charge in [-0.3, -0.25) is 38.4 Å². The van der Waals surface area contributed by atoms with E-state index < -0.39 is 98.4 Å². The Morgan fingerprint density at radius 1 is 0.629 bits per heavy atom. The molecule has 3 unspecified atom stereocenters. The van der Waals surface area contributed by atoms with E-state index in [0.717, 1.165) is 20.8 Å². The molecule has 0 saturated heterocycles. The van der Waals surface area contributed by atoms with Gasteiger partial charge in [0, 0.05) is 0 Å². The largest absolute Gasteiger partial charge is 0.461 e. The summed E-state index contributed by atoms with van der Waals surface area (Å²) in [6.07, 6.45) is -7.66. The van der Waals surface area contributed by atoms with Gasteiger partial charge in [-0.1, -0.05) is 0 Å². The fourth-order valence-corrected chi connectivity index (χ4v) is 2.43. The summed E-state index contributed by atoms with van der Waals surface area (Å²) in [4.78, 5) is 103. The van der Waals surface area contributed by atoms with E-state index in [1.54, 1.807) is 0 Å². The van der Waals surface area contributed by atoms with Crippen molar-refractivity contribution in [1.29, 1.82) is 0 Å². The van der Waals surface area contributed by atoms with E-state index >= 15 is 0 Å². The van der Waals surface area contributed by atoms with E-state index in [2.05, 4.69) is 0 Å². The minimum atomic E-state index is -1.77. The first-order valence-electron chi connectivity index (χ1n) is 10.1. The highest BCUT2D eigenvalue weighted by atomic mass is 16.6. The highest BCUT2D eigenvalue weighted by molar-refractivity contribution is 5.95. The van der Waals surface area contributed by atoms with Gasteiger partial charge in [0.15, 0.2) is 18.3 Å². The van der Waals surface area contributed by atoms with Gasteiger partial charge in [-0.25, -0.2) is 0 Å². The Labute approximate surface area is 199 Å². The lowest BCUT2D eigenvalue weighted by atomic mass is 10.1. The van der Waals surface area contributed by atoms with Crippen molar-refractivity contribution in [1.82, 2.24) is 0 Å². The first-order valence-corrected chi connectivity index (χ1v) is 10.1. The number of rotatable bonds is 18. The van der Waals surface area contributed by atoms with Crippen LogP contribution in [0.1, 0.15) is 46.5 Å². The SMILES string of the molecule is CC(=O)CC(=O)OCC(OC(=O)CC(C)=O)C(OC=O)C(COC(=O)CC=O)OC(=O)CC(C)=O. The lowest BCUT2D eigenvalue weighted by Gasteiger charge is -2.31. The normalized spacial score (nSPS) is 12.7. The first-order chi connectivity index (χ1) is 16.4. The molecule has 35 heavy (non-hydrogen) atoms. The Hall–Kier alpha value is -3.97. The van der Waals surface area contributed by atoms with E-state index in [0.29, 0.717) is 0 Å². The van der Waals surface area contributed by atoms with Crippen molar-refractivity contribution >= 4 is 54.0 Å². The summed E-state index contributed by atoms with van der Waals surface area (Å²) in [6, 6.07) is 0. The summed E-state index contributed by atoms with van der Waals surface area (Å²) in [5.41, 5.74) is 0. The van der Waals surface area contributed by atoms with Crippen LogP contribution in [-0.2, 0) is 66.8 Å². The molecule has 0 aliphatic rings. The maximum absolute atomic E-state index is 12.1. The maximum atomic E-state index is 12.1. The van der Waals surface area contributed by atoms with Crippen molar-refractivity contribution < 1.29 is 66.8 Å². The zero-order valence-corrected chi connectivity index (χ0v) is 19.3. The Morgan fingerprint density at radius 3 is 1.40 bits per heavy atom. The van der Waals surface area contributed by atoms with Gasteiger partial charge in [0.1, 0.15) is 62.5 Å². The molecule has 0 aliphatic carbocycles. The highest BCUT2D eigenvalue weighted by Crippen LogP contribution is 2.16. The van der Waals surface area contributed by atoms with Crippen LogP contribution in [0.5, 0.6) is 0 Å². The fraction of sp³-hybridized carbons (Fsp3) is 0.571. The topological polar surface area (TPSA) is 200 Å². The van der Waals surface area contributed by atoms with Crippen LogP contribution >= 0.6 is 0 Å². The van der Waals surface area contributed by atoms with Gasteiger partial charge in [0.25, 0.3) is 6.47 Å². The smallest absolute Gasteiger partial charge is 0.313 e. The molecule has 0 spiro atoms. The molecule has 0 aliphatic heterocycles. The number of aldehydes is 1. The summed E-state index contributed by atoms with van der Waals surface area (Å²) in [5.74, 6) is -6.07. The number of esters is 4. The van der Waals surface area contributed by atoms with Gasteiger partial charge >= 0.3 is 23.9 Å². The zero-order valence-electron chi connectivity index (χ0n) is 19.3. The minimum Gasteiger partial charge on any atom is -0.461 e. The fourth-order valence-electron chi connectivity index (χ4n) is 2.43. The Morgan fingerprint density at radius 2 is 1.03 bits per heavy atom. The maximum Gasteiger partial charge on any atom is 0.313 e. The van der Waals surface area contributed by atoms with Crippen LogP contribution < -0.4 is 0 Å². The molecular formula is C21H26O14. The molecule has 3 atom stereocenters. The second kappa shape index (κ2) is 16.6. The third-order valence-electron chi connectivity index (χ3n) is 3.76. The number of ether oxygens (including phenoxy) is 5. The minimum absolute atomic E-state index is 0.132. The van der Waals surface area contributed by atoms with Crippen molar-refractivity contribution in [2.45, 2.75) is 64.8 Å². The third-order valence-corrected chi connectivity index (χ3v) is 3.76. The molecule has 194 valence electrons. The van der Waals surface area contributed by atoms with Crippen LogP contribution in [0.2, 0.25) is 0 Å². The molecule has 0 heterocycles. The van der Waals surface area contributed by atoms with E-state index in [-0.39, 0.29) is 12.8 Å². The van der Waals surface area contributed by atoms with E-state index in [9.17, 15) is 43.2 Å². The molecule has 0 aromatic carbocycles. The second-order valence-corrected chi connectivity index (χ2v) is 7.13. The number of ketones is 3. The van der Waals surface area contributed by atoms with Crippen molar-refractivity contribution in [3.63, 3.8) is 0 Å². The quantitative estimate of drug-likeness (QED) is 0.0952. The molecule has 0 saturated carbocycles. The molecule has 0 radical (unpaired) electrons. The number of Topliss-reactive ketones (excluding diaryl/α,β-unsaturated/α-hetero) is 3. The van der Waals surface area contributed by atoms with Crippen LogP contribution in [-0.4, -0.2) is 85.5 Å². The molecule has 0 bridgehead atoms. The van der Waals surface area contributed by atoms with Crippen molar-refractivity contribution in [2.75, 3.05) is 13.2 Å². The molecule has 14 heteroatoms. The molecule has 0 rings (SSSR count). The van der Waals surface area contributed by atoms with Crippen LogP contribution in [0.3, 0.4) is 0 Å².